The second-order valence-electron chi connectivity index (χ2n) is 5.82. The highest BCUT2D eigenvalue weighted by molar-refractivity contribution is 5.67. The lowest BCUT2D eigenvalue weighted by atomic mass is 10.2. The van der Waals surface area contributed by atoms with Crippen LogP contribution >= 0.6 is 0 Å². The Morgan fingerprint density at radius 3 is 2.67 bits per heavy atom. The zero-order chi connectivity index (χ0) is 15.6. The molecule has 1 N–H and O–H groups in total. The van der Waals surface area contributed by atoms with E-state index in [-0.39, 0.29) is 6.09 Å². The summed E-state index contributed by atoms with van der Waals surface area (Å²) in [7, 11) is 0. The smallest absolute Gasteiger partial charge is 0.407 e. The third-order valence-electron chi connectivity index (χ3n) is 2.58. The molecule has 0 spiro atoms. The standard InChI is InChI=1S/C16H26N2O3/c1-16(2,3)21-15(19)18-11-7-13-20-12-6-9-14-8-4-5-10-17-14/h4-5,8,10H,6-7,9,11-13H2,1-3H3,(H,18,19). The molecule has 0 radical (unpaired) electrons. The molecule has 0 aliphatic heterocycles. The first-order chi connectivity index (χ1) is 9.97. The number of aromatic nitrogens is 1. The lowest BCUT2D eigenvalue weighted by molar-refractivity contribution is 0.0519. The molecule has 1 aromatic rings. The summed E-state index contributed by atoms with van der Waals surface area (Å²) in [6.45, 7) is 7.45. The number of hydrogen-bond donors (Lipinski definition) is 1. The summed E-state index contributed by atoms with van der Waals surface area (Å²) in [4.78, 5) is 15.6. The van der Waals surface area contributed by atoms with Crippen molar-refractivity contribution in [3.63, 3.8) is 0 Å². The molecule has 0 fully saturated rings. The van der Waals surface area contributed by atoms with E-state index in [1.165, 1.54) is 0 Å². The average Bonchev–Trinajstić information content (AvgIpc) is 2.41. The van der Waals surface area contributed by atoms with E-state index in [0.29, 0.717) is 19.8 Å². The van der Waals surface area contributed by atoms with Gasteiger partial charge in [-0.1, -0.05) is 6.07 Å². The molecule has 1 heterocycles. The van der Waals surface area contributed by atoms with Crippen LogP contribution in [-0.4, -0.2) is 36.4 Å². The van der Waals surface area contributed by atoms with Crippen LogP contribution in [0.3, 0.4) is 0 Å². The first kappa shape index (κ1) is 17.4. The van der Waals surface area contributed by atoms with Gasteiger partial charge in [-0.3, -0.25) is 4.98 Å². The third kappa shape index (κ3) is 9.85. The Labute approximate surface area is 127 Å². The van der Waals surface area contributed by atoms with Gasteiger partial charge >= 0.3 is 6.09 Å². The number of pyridine rings is 1. The number of nitrogens with zero attached hydrogens (tertiary/aromatic N) is 1. The number of carbonyl (C=O) groups is 1. The van der Waals surface area contributed by atoms with Crippen molar-refractivity contribution < 1.29 is 14.3 Å². The fourth-order valence-corrected chi connectivity index (χ4v) is 1.68. The highest BCUT2D eigenvalue weighted by atomic mass is 16.6. The van der Waals surface area contributed by atoms with Crippen molar-refractivity contribution in [1.29, 1.82) is 0 Å². The van der Waals surface area contributed by atoms with E-state index in [1.54, 1.807) is 6.20 Å². The molecule has 0 atom stereocenters. The van der Waals surface area contributed by atoms with Gasteiger partial charge in [0.1, 0.15) is 5.60 Å². The molecule has 0 aliphatic rings. The van der Waals surface area contributed by atoms with E-state index in [9.17, 15) is 4.79 Å². The number of alkyl carbamates (subject to hydrolysis) is 1. The van der Waals surface area contributed by atoms with Crippen molar-refractivity contribution >= 4 is 6.09 Å². The molecule has 21 heavy (non-hydrogen) atoms. The minimum atomic E-state index is -0.452. The Balaban J connectivity index is 1.92. The van der Waals surface area contributed by atoms with Gasteiger partial charge in [0.15, 0.2) is 0 Å². The van der Waals surface area contributed by atoms with Crippen LogP contribution < -0.4 is 5.32 Å². The summed E-state index contributed by atoms with van der Waals surface area (Å²) >= 11 is 0. The maximum atomic E-state index is 11.4. The van der Waals surface area contributed by atoms with Crippen molar-refractivity contribution in [1.82, 2.24) is 10.3 Å². The summed E-state index contributed by atoms with van der Waals surface area (Å²) in [6, 6.07) is 5.92. The van der Waals surface area contributed by atoms with E-state index in [1.807, 2.05) is 39.0 Å². The van der Waals surface area contributed by atoms with Crippen LogP contribution in [0.25, 0.3) is 0 Å². The number of amides is 1. The van der Waals surface area contributed by atoms with Gasteiger partial charge in [-0.25, -0.2) is 4.79 Å². The Morgan fingerprint density at radius 2 is 2.00 bits per heavy atom. The monoisotopic (exact) mass is 294 g/mol. The van der Waals surface area contributed by atoms with Gasteiger partial charge < -0.3 is 14.8 Å². The molecule has 0 unspecified atom stereocenters. The minimum Gasteiger partial charge on any atom is -0.444 e. The summed E-state index contributed by atoms with van der Waals surface area (Å²) in [5, 5.41) is 2.70. The predicted octanol–water partition coefficient (Wildman–Crippen LogP) is 2.95. The fourth-order valence-electron chi connectivity index (χ4n) is 1.68. The fraction of sp³-hybridized carbons (Fsp3) is 0.625. The molecule has 1 rings (SSSR count). The average molecular weight is 294 g/mol. The molecule has 0 aliphatic carbocycles. The van der Waals surface area contributed by atoms with Gasteiger partial charge in [-0.2, -0.15) is 0 Å². The molecule has 1 amide bonds. The van der Waals surface area contributed by atoms with Crippen LogP contribution in [0, 0.1) is 0 Å². The lowest BCUT2D eigenvalue weighted by Gasteiger charge is -2.19. The normalized spacial score (nSPS) is 11.2. The molecule has 0 saturated heterocycles. The Hall–Kier alpha value is -1.62. The molecule has 0 aromatic carbocycles. The highest BCUT2D eigenvalue weighted by Crippen LogP contribution is 2.06. The van der Waals surface area contributed by atoms with E-state index in [4.69, 9.17) is 9.47 Å². The Morgan fingerprint density at radius 1 is 1.24 bits per heavy atom. The SMILES string of the molecule is CC(C)(C)OC(=O)NCCCOCCCc1ccccn1. The second kappa shape index (κ2) is 9.34. The molecule has 118 valence electrons. The summed E-state index contributed by atoms with van der Waals surface area (Å²) < 4.78 is 10.7. The van der Waals surface area contributed by atoms with Crippen LogP contribution in [0.1, 0.15) is 39.3 Å². The second-order valence-corrected chi connectivity index (χ2v) is 5.82. The number of ether oxygens (including phenoxy) is 2. The minimum absolute atomic E-state index is 0.377. The van der Waals surface area contributed by atoms with Gasteiger partial charge in [0, 0.05) is 31.6 Å². The van der Waals surface area contributed by atoms with Crippen molar-refractivity contribution in [3.05, 3.63) is 30.1 Å². The first-order valence-electron chi connectivity index (χ1n) is 7.42. The van der Waals surface area contributed by atoms with Crippen LogP contribution in [0.2, 0.25) is 0 Å². The maximum absolute atomic E-state index is 11.4. The van der Waals surface area contributed by atoms with Crippen LogP contribution in [0.4, 0.5) is 4.79 Å². The number of rotatable bonds is 8. The van der Waals surface area contributed by atoms with Crippen LogP contribution in [0.15, 0.2) is 24.4 Å². The maximum Gasteiger partial charge on any atom is 0.407 e. The summed E-state index contributed by atoms with van der Waals surface area (Å²) in [5.41, 5.74) is 0.638. The number of aryl methyl sites for hydroxylation is 1. The van der Waals surface area contributed by atoms with Gasteiger partial charge in [0.2, 0.25) is 0 Å². The quantitative estimate of drug-likeness (QED) is 0.749. The number of carbonyl (C=O) groups excluding carboxylic acids is 1. The molecular formula is C16H26N2O3. The van der Waals surface area contributed by atoms with Crippen molar-refractivity contribution in [2.24, 2.45) is 0 Å². The largest absolute Gasteiger partial charge is 0.444 e. The van der Waals surface area contributed by atoms with Gasteiger partial charge in [0.05, 0.1) is 0 Å². The molecule has 5 heteroatoms. The highest BCUT2D eigenvalue weighted by Gasteiger charge is 2.15. The van der Waals surface area contributed by atoms with Gasteiger partial charge in [-0.15, -0.1) is 0 Å². The van der Waals surface area contributed by atoms with Crippen molar-refractivity contribution in [2.45, 2.75) is 45.6 Å². The van der Waals surface area contributed by atoms with E-state index in [0.717, 1.165) is 25.0 Å². The van der Waals surface area contributed by atoms with Crippen molar-refractivity contribution in [3.8, 4) is 0 Å². The van der Waals surface area contributed by atoms with Gasteiger partial charge in [0.25, 0.3) is 0 Å². The molecule has 0 saturated carbocycles. The van der Waals surface area contributed by atoms with Crippen molar-refractivity contribution in [2.75, 3.05) is 19.8 Å². The zero-order valence-electron chi connectivity index (χ0n) is 13.2. The number of hydrogen-bond acceptors (Lipinski definition) is 4. The molecule has 5 nitrogen and oxygen atoms in total. The third-order valence-corrected chi connectivity index (χ3v) is 2.58. The molecular weight excluding hydrogens is 268 g/mol. The Bertz CT molecular complexity index is 402. The first-order valence-corrected chi connectivity index (χ1v) is 7.42. The zero-order valence-corrected chi connectivity index (χ0v) is 13.2. The van der Waals surface area contributed by atoms with Crippen LogP contribution in [-0.2, 0) is 15.9 Å². The summed E-state index contributed by atoms with van der Waals surface area (Å²) in [5.74, 6) is 0. The van der Waals surface area contributed by atoms with E-state index >= 15 is 0 Å². The van der Waals surface area contributed by atoms with E-state index < -0.39 is 5.60 Å². The Kier molecular flexibility index (Phi) is 7.75. The lowest BCUT2D eigenvalue weighted by Crippen LogP contribution is -2.33. The van der Waals surface area contributed by atoms with Gasteiger partial charge in [-0.05, 0) is 52.2 Å². The molecule has 0 bridgehead atoms. The van der Waals surface area contributed by atoms with E-state index in [2.05, 4.69) is 10.3 Å². The summed E-state index contributed by atoms with van der Waals surface area (Å²) in [6.07, 6.45) is 4.09. The topological polar surface area (TPSA) is 60.5 Å². The predicted molar refractivity (Wildman–Crippen MR) is 82.2 cm³/mol. The van der Waals surface area contributed by atoms with Crippen LogP contribution in [0.5, 0.6) is 0 Å². The number of nitrogens with one attached hydrogen (secondary N) is 1. The molecule has 1 aromatic heterocycles.